The van der Waals surface area contributed by atoms with Gasteiger partial charge in [-0.15, -0.1) is 11.3 Å². The number of nitrogens with one attached hydrogen (secondary N) is 2. The predicted octanol–water partition coefficient (Wildman–Crippen LogP) is 2.84. The minimum absolute atomic E-state index is 0.0859. The molecule has 2 aromatic rings. The Morgan fingerprint density at radius 3 is 2.35 bits per heavy atom. The summed E-state index contributed by atoms with van der Waals surface area (Å²) in [7, 11) is 0. The first-order valence-corrected chi connectivity index (χ1v) is 8.08. The molecule has 0 spiro atoms. The Labute approximate surface area is 150 Å². The lowest BCUT2D eigenvalue weighted by Crippen LogP contribution is -2.36. The van der Waals surface area contributed by atoms with E-state index in [4.69, 9.17) is 0 Å². The molecular weight excluding hydrogens is 373 g/mol. The minimum atomic E-state index is -4.54. The van der Waals surface area contributed by atoms with E-state index in [9.17, 15) is 27.6 Å². The molecule has 1 aromatic heterocycles. The third kappa shape index (κ3) is 6.20. The van der Waals surface area contributed by atoms with Crippen LogP contribution in [0.2, 0.25) is 0 Å². The maximum Gasteiger partial charge on any atom is 0.405 e. The van der Waals surface area contributed by atoms with Crippen LogP contribution < -0.4 is 10.6 Å². The van der Waals surface area contributed by atoms with E-state index < -0.39 is 31.2 Å². The van der Waals surface area contributed by atoms with Crippen molar-refractivity contribution in [1.29, 1.82) is 0 Å². The van der Waals surface area contributed by atoms with Gasteiger partial charge in [0.2, 0.25) is 0 Å². The summed E-state index contributed by atoms with van der Waals surface area (Å²) < 4.78 is 40.5. The summed E-state index contributed by atoms with van der Waals surface area (Å²) in [6.07, 6.45) is -4.54. The van der Waals surface area contributed by atoms with E-state index >= 15 is 0 Å². The lowest BCUT2D eigenvalue weighted by Gasteiger charge is -2.09. The van der Waals surface area contributed by atoms with Crippen LogP contribution in [-0.4, -0.2) is 37.1 Å². The molecule has 2 rings (SSSR count). The Morgan fingerprint density at radius 2 is 1.77 bits per heavy atom. The normalized spacial score (nSPS) is 10.9. The van der Waals surface area contributed by atoms with Crippen molar-refractivity contribution >= 4 is 34.8 Å². The van der Waals surface area contributed by atoms with Gasteiger partial charge in [0.1, 0.15) is 6.54 Å². The fraction of sp³-hybridized carbons (Fsp3) is 0.188. The molecule has 0 bridgehead atoms. The predicted molar refractivity (Wildman–Crippen MR) is 88.1 cm³/mol. The van der Waals surface area contributed by atoms with E-state index in [0.29, 0.717) is 10.6 Å². The largest absolute Gasteiger partial charge is 0.452 e. The van der Waals surface area contributed by atoms with Gasteiger partial charge in [0.25, 0.3) is 11.8 Å². The van der Waals surface area contributed by atoms with Crippen molar-refractivity contribution in [2.45, 2.75) is 6.18 Å². The fourth-order valence-electron chi connectivity index (χ4n) is 1.75. The monoisotopic (exact) mass is 386 g/mol. The molecule has 1 aromatic carbocycles. The molecule has 138 valence electrons. The molecule has 0 radical (unpaired) electrons. The van der Waals surface area contributed by atoms with Crippen molar-refractivity contribution < 1.29 is 32.3 Å². The summed E-state index contributed by atoms with van der Waals surface area (Å²) in [6.45, 7) is -2.33. The van der Waals surface area contributed by atoms with E-state index in [0.717, 1.165) is 0 Å². The van der Waals surface area contributed by atoms with Crippen molar-refractivity contribution in [3.63, 3.8) is 0 Å². The lowest BCUT2D eigenvalue weighted by atomic mass is 10.2. The molecule has 10 heteroatoms. The molecule has 26 heavy (non-hydrogen) atoms. The molecule has 6 nitrogen and oxygen atoms in total. The first-order chi connectivity index (χ1) is 12.2. The molecule has 0 atom stereocenters. The van der Waals surface area contributed by atoms with Gasteiger partial charge in [0, 0.05) is 5.69 Å². The summed E-state index contributed by atoms with van der Waals surface area (Å²) in [5, 5.41) is 5.99. The lowest BCUT2D eigenvalue weighted by molar-refractivity contribution is -0.140. The number of amides is 2. The van der Waals surface area contributed by atoms with Gasteiger partial charge in [-0.3, -0.25) is 9.59 Å². The van der Waals surface area contributed by atoms with Crippen molar-refractivity contribution in [3.8, 4) is 0 Å². The second-order valence-corrected chi connectivity index (χ2v) is 5.92. The summed E-state index contributed by atoms with van der Waals surface area (Å²) >= 11 is 1.28. The second-order valence-electron chi connectivity index (χ2n) is 4.98. The van der Waals surface area contributed by atoms with Crippen LogP contribution in [0.15, 0.2) is 41.8 Å². The Balaban J connectivity index is 1.82. The third-order valence-corrected chi connectivity index (χ3v) is 3.81. The van der Waals surface area contributed by atoms with E-state index in [2.05, 4.69) is 10.1 Å². The van der Waals surface area contributed by atoms with E-state index in [1.807, 2.05) is 0 Å². The SMILES string of the molecule is O=C(COC(=O)c1ccc(NC(=O)c2cccs2)cc1)NCC(F)(F)F. The summed E-state index contributed by atoms with van der Waals surface area (Å²) in [5.41, 5.74) is 0.533. The number of alkyl halides is 3. The molecule has 0 aliphatic carbocycles. The number of hydrogen-bond acceptors (Lipinski definition) is 5. The van der Waals surface area contributed by atoms with Crippen LogP contribution in [0, 0.1) is 0 Å². The van der Waals surface area contributed by atoms with Crippen LogP contribution in [0.1, 0.15) is 20.0 Å². The Morgan fingerprint density at radius 1 is 1.08 bits per heavy atom. The molecule has 0 aliphatic rings. The highest BCUT2D eigenvalue weighted by atomic mass is 32.1. The van der Waals surface area contributed by atoms with Gasteiger partial charge in [-0.1, -0.05) is 6.07 Å². The van der Waals surface area contributed by atoms with Crippen LogP contribution in [0.4, 0.5) is 18.9 Å². The fourth-order valence-corrected chi connectivity index (χ4v) is 2.37. The molecule has 2 N–H and O–H groups in total. The van der Waals surface area contributed by atoms with Crippen molar-refractivity contribution in [2.24, 2.45) is 0 Å². The van der Waals surface area contributed by atoms with Crippen molar-refractivity contribution in [2.75, 3.05) is 18.5 Å². The zero-order valence-electron chi connectivity index (χ0n) is 13.1. The third-order valence-electron chi connectivity index (χ3n) is 2.94. The number of rotatable bonds is 6. The minimum Gasteiger partial charge on any atom is -0.452 e. The van der Waals surface area contributed by atoms with Crippen LogP contribution in [0.5, 0.6) is 0 Å². The zero-order valence-corrected chi connectivity index (χ0v) is 13.9. The van der Waals surface area contributed by atoms with E-state index in [-0.39, 0.29) is 11.5 Å². The van der Waals surface area contributed by atoms with Gasteiger partial charge in [-0.05, 0) is 35.7 Å². The number of hydrogen-bond donors (Lipinski definition) is 2. The molecular formula is C16H13F3N2O4S. The second kappa shape index (κ2) is 8.48. The average Bonchev–Trinajstić information content (AvgIpc) is 3.12. The van der Waals surface area contributed by atoms with E-state index in [1.165, 1.54) is 35.6 Å². The van der Waals surface area contributed by atoms with Gasteiger partial charge in [0.15, 0.2) is 6.61 Å². The first-order valence-electron chi connectivity index (χ1n) is 7.20. The summed E-state index contributed by atoms with van der Waals surface area (Å²) in [6, 6.07) is 9.05. The molecule has 1 heterocycles. The standard InChI is InChI=1S/C16H13F3N2O4S/c17-16(18,19)9-20-13(22)8-25-15(24)10-3-5-11(6-4-10)21-14(23)12-2-1-7-26-12/h1-7H,8-9H2,(H,20,22)(H,21,23). The van der Waals surface area contributed by atoms with Crippen LogP contribution in [0.3, 0.4) is 0 Å². The molecule has 0 fully saturated rings. The highest BCUT2D eigenvalue weighted by Gasteiger charge is 2.27. The summed E-state index contributed by atoms with van der Waals surface area (Å²) in [5.74, 6) is -2.23. The number of carbonyl (C=O) groups is 3. The number of ether oxygens (including phenoxy) is 1. The maximum atomic E-state index is 11.9. The number of carbonyl (C=O) groups excluding carboxylic acids is 3. The highest BCUT2D eigenvalue weighted by Crippen LogP contribution is 2.15. The van der Waals surface area contributed by atoms with Gasteiger partial charge < -0.3 is 15.4 Å². The quantitative estimate of drug-likeness (QED) is 0.748. The van der Waals surface area contributed by atoms with Gasteiger partial charge in [0.05, 0.1) is 10.4 Å². The molecule has 0 aliphatic heterocycles. The first kappa shape index (κ1) is 19.4. The van der Waals surface area contributed by atoms with Crippen LogP contribution in [0.25, 0.3) is 0 Å². The number of benzene rings is 1. The number of halogens is 3. The van der Waals surface area contributed by atoms with Crippen LogP contribution >= 0.6 is 11.3 Å². The van der Waals surface area contributed by atoms with Gasteiger partial charge in [-0.2, -0.15) is 13.2 Å². The van der Waals surface area contributed by atoms with Gasteiger partial charge >= 0.3 is 12.1 Å². The Kier molecular flexibility index (Phi) is 6.34. The highest BCUT2D eigenvalue weighted by molar-refractivity contribution is 7.12. The molecule has 0 unspecified atom stereocenters. The smallest absolute Gasteiger partial charge is 0.405 e. The molecule has 0 saturated carbocycles. The summed E-state index contributed by atoms with van der Waals surface area (Å²) in [4.78, 5) is 35.4. The van der Waals surface area contributed by atoms with Crippen molar-refractivity contribution in [1.82, 2.24) is 5.32 Å². The Hall–Kier alpha value is -2.88. The molecule has 0 saturated heterocycles. The number of anilines is 1. The topological polar surface area (TPSA) is 84.5 Å². The Bertz CT molecular complexity index is 774. The number of thiophene rings is 1. The van der Waals surface area contributed by atoms with Crippen molar-refractivity contribution in [3.05, 3.63) is 52.2 Å². The van der Waals surface area contributed by atoms with E-state index in [1.54, 1.807) is 22.8 Å². The maximum absolute atomic E-state index is 11.9. The molecule has 2 amide bonds. The van der Waals surface area contributed by atoms with Crippen LogP contribution in [-0.2, 0) is 9.53 Å². The van der Waals surface area contributed by atoms with Gasteiger partial charge in [-0.25, -0.2) is 4.79 Å². The average molecular weight is 386 g/mol. The zero-order chi connectivity index (χ0) is 19.2. The number of esters is 1.